The fraction of sp³-hybridized carbons (Fsp3) is 0.391. The van der Waals surface area contributed by atoms with Gasteiger partial charge in [0.05, 0.1) is 0 Å². The molecule has 1 fully saturated rings. The molecule has 8 heteroatoms. The van der Waals surface area contributed by atoms with Crippen LogP contribution in [0.4, 0.5) is 5.69 Å². The lowest BCUT2D eigenvalue weighted by atomic mass is 9.83. The van der Waals surface area contributed by atoms with Crippen LogP contribution in [0.3, 0.4) is 0 Å². The summed E-state index contributed by atoms with van der Waals surface area (Å²) in [7, 11) is 0. The molecule has 31 heavy (non-hydrogen) atoms. The van der Waals surface area contributed by atoms with Crippen molar-refractivity contribution in [1.82, 2.24) is 14.5 Å². The number of aryl methyl sites for hydroxylation is 1. The van der Waals surface area contributed by atoms with Gasteiger partial charge < -0.3 is 24.9 Å². The van der Waals surface area contributed by atoms with E-state index in [-0.39, 0.29) is 28.7 Å². The Labute approximate surface area is 179 Å². The van der Waals surface area contributed by atoms with Gasteiger partial charge >= 0.3 is 0 Å². The van der Waals surface area contributed by atoms with E-state index in [2.05, 4.69) is 17.1 Å². The van der Waals surface area contributed by atoms with Crippen molar-refractivity contribution in [2.24, 2.45) is 5.92 Å². The molecule has 162 valence electrons. The monoisotopic (exact) mass is 421 g/mol. The lowest BCUT2D eigenvalue weighted by Gasteiger charge is -2.43. The summed E-state index contributed by atoms with van der Waals surface area (Å²) >= 11 is 0. The molecule has 1 aromatic carbocycles. The second-order valence-corrected chi connectivity index (χ2v) is 8.64. The summed E-state index contributed by atoms with van der Waals surface area (Å²) in [6, 6.07) is 11.3. The van der Waals surface area contributed by atoms with E-state index in [1.165, 1.54) is 17.0 Å². The molecule has 2 N–H and O–H groups in total. The first-order valence-corrected chi connectivity index (χ1v) is 10.7. The summed E-state index contributed by atoms with van der Waals surface area (Å²) in [5, 5.41) is 21.2. The molecule has 4 heterocycles. The molecule has 0 radical (unpaired) electrons. The number of rotatable bonds is 5. The molecule has 2 bridgehead atoms. The second-order valence-electron chi connectivity index (χ2n) is 8.64. The number of amides is 1. The normalized spacial score (nSPS) is 20.0. The van der Waals surface area contributed by atoms with Gasteiger partial charge in [-0.3, -0.25) is 14.8 Å². The molecule has 0 aliphatic carbocycles. The van der Waals surface area contributed by atoms with Gasteiger partial charge in [-0.25, -0.2) is 0 Å². The zero-order valence-electron chi connectivity index (χ0n) is 17.2. The maximum absolute atomic E-state index is 12.9. The quantitative estimate of drug-likeness (QED) is 0.616. The van der Waals surface area contributed by atoms with Crippen LogP contribution in [0.2, 0.25) is 0 Å². The molecular weight excluding hydrogens is 396 g/mol. The van der Waals surface area contributed by atoms with E-state index in [0.29, 0.717) is 26.1 Å². The number of nitrogens with zero attached hydrogens (tertiary/aromatic N) is 3. The molecule has 2 atom stereocenters. The molecule has 8 nitrogen and oxygen atoms in total. The van der Waals surface area contributed by atoms with Gasteiger partial charge in [-0.15, -0.1) is 0 Å². The third-order valence-electron chi connectivity index (χ3n) is 6.65. The summed E-state index contributed by atoms with van der Waals surface area (Å²) in [5.74, 6) is 0.407. The van der Waals surface area contributed by atoms with Gasteiger partial charge in [0.2, 0.25) is 5.91 Å². The van der Waals surface area contributed by atoms with Gasteiger partial charge in [-0.2, -0.15) is 0 Å². The van der Waals surface area contributed by atoms with Gasteiger partial charge in [-0.05, 0) is 48.9 Å². The number of carbonyl (C=O) groups excluding carboxylic acids is 1. The Balaban J connectivity index is 1.24. The number of H-pyrrole nitrogens is 1. The molecule has 0 spiro atoms. The average Bonchev–Trinajstić information content (AvgIpc) is 3.17. The standard InChI is InChI=1S/C23H25N4O4/c28-22(7-3-4-16-11-24-19-6-2-1-5-18(16)19)25-12-15-10-17(14-25)20-8-9-21(27(30)31)23(29)26(20)13-15/h1-2,5-6,8-9,11,15,17,24,30H,3-4,7,10,12-14H2/q-1/t15-,17+/m1/s1. The molecule has 1 saturated heterocycles. The van der Waals surface area contributed by atoms with Gasteiger partial charge in [0, 0.05) is 54.8 Å². The fourth-order valence-corrected chi connectivity index (χ4v) is 5.21. The molecule has 5 rings (SSSR count). The average molecular weight is 421 g/mol. The number of nitrogens with one attached hydrogen (secondary N) is 1. The van der Waals surface area contributed by atoms with Crippen LogP contribution in [0.25, 0.3) is 10.9 Å². The zero-order chi connectivity index (χ0) is 21.5. The van der Waals surface area contributed by atoms with E-state index >= 15 is 0 Å². The Hall–Kier alpha value is -3.10. The number of hydrogen-bond acceptors (Lipinski definition) is 5. The number of benzene rings is 1. The number of piperidine rings is 1. The molecule has 3 aromatic rings. The number of anilines is 1. The Morgan fingerprint density at radius 2 is 2.03 bits per heavy atom. The Kier molecular flexibility index (Phi) is 5.03. The highest BCUT2D eigenvalue weighted by Gasteiger charge is 2.36. The lowest BCUT2D eigenvalue weighted by Crippen LogP contribution is -2.49. The number of carbonyl (C=O) groups is 1. The van der Waals surface area contributed by atoms with Crippen LogP contribution in [-0.2, 0) is 17.8 Å². The van der Waals surface area contributed by atoms with E-state index < -0.39 is 5.56 Å². The predicted octanol–water partition coefficient (Wildman–Crippen LogP) is 2.99. The van der Waals surface area contributed by atoms with Crippen LogP contribution in [-0.4, -0.2) is 38.7 Å². The number of aromatic amines is 1. The minimum atomic E-state index is -0.469. The number of aromatic nitrogens is 2. The molecule has 2 aliphatic rings. The van der Waals surface area contributed by atoms with Crippen molar-refractivity contribution in [2.75, 3.05) is 18.3 Å². The highest BCUT2D eigenvalue weighted by molar-refractivity contribution is 5.83. The van der Waals surface area contributed by atoms with E-state index in [9.17, 15) is 14.8 Å². The predicted molar refractivity (Wildman–Crippen MR) is 117 cm³/mol. The van der Waals surface area contributed by atoms with Gasteiger partial charge in [0.15, 0.2) is 0 Å². The number of para-hydroxylation sites is 1. The summed E-state index contributed by atoms with van der Waals surface area (Å²) in [5.41, 5.74) is 2.45. The first-order valence-electron chi connectivity index (χ1n) is 10.7. The maximum atomic E-state index is 12.9. The maximum Gasteiger partial charge on any atom is 0.275 e. The van der Waals surface area contributed by atoms with Crippen LogP contribution in [0.1, 0.15) is 36.4 Å². The number of fused-ring (bicyclic) bond motifs is 5. The summed E-state index contributed by atoms with van der Waals surface area (Å²) in [4.78, 5) is 30.7. The topological polar surface area (TPSA) is 105 Å². The number of hydrogen-bond donors (Lipinski definition) is 2. The first-order chi connectivity index (χ1) is 15.0. The highest BCUT2D eigenvalue weighted by atomic mass is 16.8. The van der Waals surface area contributed by atoms with Crippen molar-refractivity contribution in [3.8, 4) is 0 Å². The smallest absolute Gasteiger partial charge is 0.275 e. The molecule has 0 unspecified atom stereocenters. The summed E-state index contributed by atoms with van der Waals surface area (Å²) in [6.07, 6.45) is 5.10. The van der Waals surface area contributed by atoms with Gasteiger partial charge in [-0.1, -0.05) is 18.2 Å². The van der Waals surface area contributed by atoms with E-state index in [4.69, 9.17) is 5.21 Å². The Bertz CT molecular complexity index is 1180. The fourth-order valence-electron chi connectivity index (χ4n) is 5.21. The third kappa shape index (κ3) is 3.62. The van der Waals surface area contributed by atoms with Crippen LogP contribution >= 0.6 is 0 Å². The summed E-state index contributed by atoms with van der Waals surface area (Å²) in [6.45, 7) is 1.67. The van der Waals surface area contributed by atoms with E-state index in [0.717, 1.165) is 30.5 Å². The van der Waals surface area contributed by atoms with Crippen LogP contribution < -0.4 is 10.8 Å². The minimum Gasteiger partial charge on any atom is -0.733 e. The van der Waals surface area contributed by atoms with Crippen molar-refractivity contribution >= 4 is 22.5 Å². The number of likely N-dealkylation sites (tertiary alicyclic amines) is 1. The number of pyridine rings is 1. The zero-order valence-corrected chi connectivity index (χ0v) is 17.2. The van der Waals surface area contributed by atoms with Gasteiger partial charge in [0.1, 0.15) is 5.69 Å². The van der Waals surface area contributed by atoms with E-state index in [1.807, 2.05) is 23.2 Å². The van der Waals surface area contributed by atoms with E-state index in [1.54, 1.807) is 10.6 Å². The largest absolute Gasteiger partial charge is 0.733 e. The van der Waals surface area contributed by atoms with Crippen molar-refractivity contribution in [3.05, 3.63) is 69.4 Å². The van der Waals surface area contributed by atoms with Crippen molar-refractivity contribution in [3.63, 3.8) is 0 Å². The highest BCUT2D eigenvalue weighted by Crippen LogP contribution is 2.36. The van der Waals surface area contributed by atoms with Crippen LogP contribution in [0.5, 0.6) is 0 Å². The second kappa shape index (κ2) is 7.86. The van der Waals surface area contributed by atoms with Crippen LogP contribution in [0.15, 0.2) is 47.4 Å². The summed E-state index contributed by atoms with van der Waals surface area (Å²) < 4.78 is 1.59. The van der Waals surface area contributed by atoms with Crippen molar-refractivity contribution < 1.29 is 10.0 Å². The van der Waals surface area contributed by atoms with Crippen LogP contribution in [0, 0.1) is 11.1 Å². The molecule has 2 aromatic heterocycles. The Morgan fingerprint density at radius 3 is 2.87 bits per heavy atom. The lowest BCUT2D eigenvalue weighted by molar-refractivity contribution is -0.134. The van der Waals surface area contributed by atoms with Crippen molar-refractivity contribution in [2.45, 2.75) is 38.1 Å². The van der Waals surface area contributed by atoms with Gasteiger partial charge in [0.25, 0.3) is 5.56 Å². The minimum absolute atomic E-state index is 0.0746. The molecule has 0 saturated carbocycles. The first kappa shape index (κ1) is 19.8. The third-order valence-corrected chi connectivity index (χ3v) is 6.65. The molecular formula is C23H25N4O4-. The van der Waals surface area contributed by atoms with Crippen molar-refractivity contribution in [1.29, 1.82) is 0 Å². The molecule has 1 amide bonds. The SMILES string of the molecule is O=C(CCCc1c[nH]c2ccccc12)N1C[C@H]2C[C@@H](C1)c1ccc(N([O-])O)c(=O)n1C2. The Morgan fingerprint density at radius 1 is 1.19 bits per heavy atom. The molecule has 2 aliphatic heterocycles.